The third-order valence-corrected chi connectivity index (χ3v) is 4.33. The molecule has 2 aromatic rings. The number of benzene rings is 2. The Hall–Kier alpha value is -3.02. The van der Waals surface area contributed by atoms with E-state index in [-0.39, 0.29) is 24.8 Å². The summed E-state index contributed by atoms with van der Waals surface area (Å²) in [5, 5.41) is 2.91. The summed E-state index contributed by atoms with van der Waals surface area (Å²) in [6.45, 7) is 7.32. The van der Waals surface area contributed by atoms with Crippen LogP contribution >= 0.6 is 0 Å². The standard InChI is InChI=1S/C22H26N2O4/c1-4-27-18-8-5-16(6-9-18)11-21(25)23-17-7-10-20-19(12-17)24(13-15(2)3)22(26)14-28-20/h5-10,12,15H,4,11,13-14H2,1-3H3,(H,23,25). The molecule has 0 spiro atoms. The second-order valence-corrected chi connectivity index (χ2v) is 7.17. The van der Waals surface area contributed by atoms with Gasteiger partial charge in [0, 0.05) is 12.2 Å². The molecule has 0 aliphatic carbocycles. The van der Waals surface area contributed by atoms with Gasteiger partial charge in [-0.25, -0.2) is 0 Å². The molecule has 0 unspecified atom stereocenters. The van der Waals surface area contributed by atoms with E-state index in [1.54, 1.807) is 23.1 Å². The number of ether oxygens (including phenoxy) is 2. The van der Waals surface area contributed by atoms with Crippen molar-refractivity contribution in [1.29, 1.82) is 0 Å². The maximum atomic E-state index is 12.4. The van der Waals surface area contributed by atoms with Crippen molar-refractivity contribution in [3.05, 3.63) is 48.0 Å². The van der Waals surface area contributed by atoms with Crippen LogP contribution in [0.4, 0.5) is 11.4 Å². The van der Waals surface area contributed by atoms with Crippen LogP contribution in [0.3, 0.4) is 0 Å². The smallest absolute Gasteiger partial charge is 0.265 e. The molecule has 0 aromatic heterocycles. The van der Waals surface area contributed by atoms with Crippen LogP contribution in [0.1, 0.15) is 26.3 Å². The molecule has 1 heterocycles. The molecule has 1 aliphatic heterocycles. The number of rotatable bonds is 7. The molecule has 6 nitrogen and oxygen atoms in total. The number of carbonyl (C=O) groups excluding carboxylic acids is 2. The van der Waals surface area contributed by atoms with E-state index < -0.39 is 0 Å². The van der Waals surface area contributed by atoms with Crippen LogP contribution < -0.4 is 19.7 Å². The van der Waals surface area contributed by atoms with Crippen LogP contribution in [-0.2, 0) is 16.0 Å². The number of anilines is 2. The van der Waals surface area contributed by atoms with Crippen molar-refractivity contribution < 1.29 is 19.1 Å². The van der Waals surface area contributed by atoms with Gasteiger partial charge in [-0.15, -0.1) is 0 Å². The summed E-state index contributed by atoms with van der Waals surface area (Å²) >= 11 is 0. The van der Waals surface area contributed by atoms with Crippen molar-refractivity contribution in [3.8, 4) is 11.5 Å². The number of hydrogen-bond donors (Lipinski definition) is 1. The monoisotopic (exact) mass is 382 g/mol. The number of nitrogens with one attached hydrogen (secondary N) is 1. The predicted octanol–water partition coefficient (Wildman–Crippen LogP) is 3.65. The Morgan fingerprint density at radius 3 is 2.64 bits per heavy atom. The lowest BCUT2D eigenvalue weighted by molar-refractivity contribution is -0.121. The molecule has 0 fully saturated rings. The summed E-state index contributed by atoms with van der Waals surface area (Å²) in [4.78, 5) is 26.4. The lowest BCUT2D eigenvalue weighted by Gasteiger charge is -2.31. The molecular weight excluding hydrogens is 356 g/mol. The van der Waals surface area contributed by atoms with Gasteiger partial charge in [-0.1, -0.05) is 26.0 Å². The molecule has 148 valence electrons. The fraction of sp³-hybridized carbons (Fsp3) is 0.364. The first-order valence-corrected chi connectivity index (χ1v) is 9.55. The predicted molar refractivity (Wildman–Crippen MR) is 109 cm³/mol. The van der Waals surface area contributed by atoms with Gasteiger partial charge in [0.2, 0.25) is 5.91 Å². The molecule has 0 bridgehead atoms. The molecule has 6 heteroatoms. The van der Waals surface area contributed by atoms with E-state index in [4.69, 9.17) is 9.47 Å². The van der Waals surface area contributed by atoms with Crippen LogP contribution in [0.5, 0.6) is 11.5 Å². The summed E-state index contributed by atoms with van der Waals surface area (Å²) in [6.07, 6.45) is 0.259. The van der Waals surface area contributed by atoms with E-state index >= 15 is 0 Å². The van der Waals surface area contributed by atoms with Crippen LogP contribution in [-0.4, -0.2) is 31.6 Å². The highest BCUT2D eigenvalue weighted by Gasteiger charge is 2.26. The molecule has 1 N–H and O–H groups in total. The summed E-state index contributed by atoms with van der Waals surface area (Å²) in [5.41, 5.74) is 2.24. The second kappa shape index (κ2) is 8.78. The lowest BCUT2D eigenvalue weighted by Crippen LogP contribution is -2.41. The third kappa shape index (κ3) is 4.82. The minimum atomic E-state index is -0.123. The zero-order valence-corrected chi connectivity index (χ0v) is 16.5. The molecule has 28 heavy (non-hydrogen) atoms. The van der Waals surface area contributed by atoms with Gasteiger partial charge in [-0.05, 0) is 48.7 Å². The number of nitrogens with zero attached hydrogens (tertiary/aromatic N) is 1. The van der Waals surface area contributed by atoms with Crippen LogP contribution in [0.2, 0.25) is 0 Å². The van der Waals surface area contributed by atoms with Crippen molar-refractivity contribution >= 4 is 23.2 Å². The molecule has 2 amide bonds. The van der Waals surface area contributed by atoms with Gasteiger partial charge in [-0.3, -0.25) is 9.59 Å². The van der Waals surface area contributed by atoms with Crippen molar-refractivity contribution in [2.24, 2.45) is 5.92 Å². The van der Waals surface area contributed by atoms with Gasteiger partial charge in [-0.2, -0.15) is 0 Å². The summed E-state index contributed by atoms with van der Waals surface area (Å²) < 4.78 is 10.9. The summed E-state index contributed by atoms with van der Waals surface area (Å²) in [5.74, 6) is 1.58. The quantitative estimate of drug-likeness (QED) is 0.794. The largest absolute Gasteiger partial charge is 0.494 e. The fourth-order valence-corrected chi connectivity index (χ4v) is 3.11. The van der Waals surface area contributed by atoms with Gasteiger partial charge in [0.15, 0.2) is 6.61 Å². The minimum Gasteiger partial charge on any atom is -0.494 e. The Bertz CT molecular complexity index is 846. The van der Waals surface area contributed by atoms with Gasteiger partial charge in [0.05, 0.1) is 18.7 Å². The molecular formula is C22H26N2O4. The Morgan fingerprint density at radius 2 is 1.96 bits per heavy atom. The Balaban J connectivity index is 1.69. The van der Waals surface area contributed by atoms with E-state index in [0.29, 0.717) is 36.2 Å². The number of amides is 2. The second-order valence-electron chi connectivity index (χ2n) is 7.17. The highest BCUT2D eigenvalue weighted by molar-refractivity contribution is 5.99. The summed E-state index contributed by atoms with van der Waals surface area (Å²) in [6, 6.07) is 12.9. The van der Waals surface area contributed by atoms with Gasteiger partial charge in [0.1, 0.15) is 11.5 Å². The fourth-order valence-electron chi connectivity index (χ4n) is 3.11. The van der Waals surface area contributed by atoms with E-state index in [0.717, 1.165) is 11.3 Å². The number of carbonyl (C=O) groups is 2. The van der Waals surface area contributed by atoms with Crippen molar-refractivity contribution in [3.63, 3.8) is 0 Å². The highest BCUT2D eigenvalue weighted by atomic mass is 16.5. The van der Waals surface area contributed by atoms with E-state index in [1.165, 1.54) is 0 Å². The third-order valence-electron chi connectivity index (χ3n) is 4.33. The van der Waals surface area contributed by atoms with Crippen LogP contribution in [0.15, 0.2) is 42.5 Å². The average molecular weight is 382 g/mol. The maximum Gasteiger partial charge on any atom is 0.265 e. The maximum absolute atomic E-state index is 12.4. The molecule has 1 aliphatic rings. The molecule has 2 aromatic carbocycles. The van der Waals surface area contributed by atoms with E-state index in [1.807, 2.05) is 31.2 Å². The first-order valence-electron chi connectivity index (χ1n) is 9.55. The Kier molecular flexibility index (Phi) is 6.19. The van der Waals surface area contributed by atoms with Gasteiger partial charge >= 0.3 is 0 Å². The highest BCUT2D eigenvalue weighted by Crippen LogP contribution is 2.35. The SMILES string of the molecule is CCOc1ccc(CC(=O)Nc2ccc3c(c2)N(CC(C)C)C(=O)CO3)cc1. The zero-order chi connectivity index (χ0) is 20.1. The van der Waals surface area contributed by atoms with Crippen molar-refractivity contribution in [2.45, 2.75) is 27.2 Å². The number of fused-ring (bicyclic) bond motifs is 1. The Morgan fingerprint density at radius 1 is 1.21 bits per heavy atom. The summed E-state index contributed by atoms with van der Waals surface area (Å²) in [7, 11) is 0. The van der Waals surface area contributed by atoms with E-state index in [2.05, 4.69) is 19.2 Å². The first-order chi connectivity index (χ1) is 13.5. The van der Waals surface area contributed by atoms with Gasteiger partial charge in [0.25, 0.3) is 5.91 Å². The first kappa shape index (κ1) is 19.7. The Labute approximate surface area is 165 Å². The van der Waals surface area contributed by atoms with Crippen LogP contribution in [0.25, 0.3) is 0 Å². The van der Waals surface area contributed by atoms with E-state index in [9.17, 15) is 9.59 Å². The van der Waals surface area contributed by atoms with Gasteiger partial charge < -0.3 is 19.7 Å². The molecule has 0 saturated carbocycles. The van der Waals surface area contributed by atoms with Crippen LogP contribution in [0, 0.1) is 5.92 Å². The van der Waals surface area contributed by atoms with Crippen molar-refractivity contribution in [2.75, 3.05) is 30.0 Å². The number of hydrogen-bond acceptors (Lipinski definition) is 4. The minimum absolute atomic E-state index is 0.0448. The normalized spacial score (nSPS) is 13.1. The molecule has 0 saturated heterocycles. The lowest BCUT2D eigenvalue weighted by atomic mass is 10.1. The average Bonchev–Trinajstić information content (AvgIpc) is 2.66. The van der Waals surface area contributed by atoms with Crippen molar-refractivity contribution in [1.82, 2.24) is 0 Å². The topological polar surface area (TPSA) is 67.9 Å². The molecule has 3 rings (SSSR count). The molecule has 0 atom stereocenters. The zero-order valence-electron chi connectivity index (χ0n) is 16.5. The molecule has 0 radical (unpaired) electrons.